The number of carbonyl (C=O) groups is 2. The number of amides is 2. The molecule has 1 aromatic heterocycles. The first-order valence-electron chi connectivity index (χ1n) is 8.09. The lowest BCUT2D eigenvalue weighted by atomic mass is 9.90. The summed E-state index contributed by atoms with van der Waals surface area (Å²) in [6.45, 7) is 2.59. The van der Waals surface area contributed by atoms with E-state index in [0.29, 0.717) is 13.0 Å². The number of urea groups is 1. The van der Waals surface area contributed by atoms with Gasteiger partial charge in [0.15, 0.2) is 0 Å². The van der Waals surface area contributed by atoms with Crippen molar-refractivity contribution in [3.63, 3.8) is 0 Å². The van der Waals surface area contributed by atoms with E-state index in [1.165, 1.54) is 0 Å². The predicted molar refractivity (Wildman–Crippen MR) is 91.4 cm³/mol. The Balaban J connectivity index is 1.68. The van der Waals surface area contributed by atoms with Crippen molar-refractivity contribution in [1.82, 2.24) is 19.8 Å². The number of aliphatic carboxylic acids is 1. The van der Waals surface area contributed by atoms with E-state index in [9.17, 15) is 14.7 Å². The molecule has 1 fully saturated rings. The minimum atomic E-state index is -0.869. The molecule has 1 aliphatic rings. The minimum absolute atomic E-state index is 0.216. The zero-order valence-electron chi connectivity index (χ0n) is 14.6. The van der Waals surface area contributed by atoms with Crippen LogP contribution in [0, 0.1) is 5.41 Å². The molecule has 25 heavy (non-hydrogen) atoms. The fraction of sp³-hybridized carbons (Fsp3) is 0.471. The molecule has 2 amide bonds. The van der Waals surface area contributed by atoms with Gasteiger partial charge in [0.2, 0.25) is 0 Å². The second-order valence-corrected chi connectivity index (χ2v) is 6.64. The van der Waals surface area contributed by atoms with Crippen molar-refractivity contribution >= 4 is 23.0 Å². The van der Waals surface area contributed by atoms with Crippen molar-refractivity contribution in [2.45, 2.75) is 19.9 Å². The molecular formula is C17H22N4O4. The van der Waals surface area contributed by atoms with Crippen LogP contribution in [-0.4, -0.2) is 51.8 Å². The smallest absolute Gasteiger partial charge is 0.317 e. The van der Waals surface area contributed by atoms with Gasteiger partial charge in [-0.2, -0.15) is 0 Å². The van der Waals surface area contributed by atoms with Crippen LogP contribution in [0.2, 0.25) is 0 Å². The van der Waals surface area contributed by atoms with Gasteiger partial charge in [-0.3, -0.25) is 4.79 Å². The highest BCUT2D eigenvalue weighted by atomic mass is 16.5. The number of likely N-dealkylation sites (tertiary alicyclic amines) is 1. The molecule has 8 nitrogen and oxygen atoms in total. The second kappa shape index (κ2) is 6.27. The molecule has 0 bridgehead atoms. The minimum Gasteiger partial charge on any atom is -0.497 e. The molecule has 0 spiro atoms. The third-order valence-electron chi connectivity index (χ3n) is 4.86. The van der Waals surface area contributed by atoms with Crippen LogP contribution in [0.5, 0.6) is 5.75 Å². The van der Waals surface area contributed by atoms with Crippen LogP contribution in [0.15, 0.2) is 18.2 Å². The SMILES string of the molecule is COc1ccc2c(c1)nc(CNC(=O)N1CCC(C)(C(=O)O)C1)n2C. The first kappa shape index (κ1) is 17.1. The summed E-state index contributed by atoms with van der Waals surface area (Å²) in [5, 5.41) is 12.1. The number of fused-ring (bicyclic) bond motifs is 1. The molecule has 134 valence electrons. The number of hydrogen-bond acceptors (Lipinski definition) is 4. The van der Waals surface area contributed by atoms with Gasteiger partial charge < -0.3 is 24.6 Å². The molecule has 0 radical (unpaired) electrons. The molecule has 3 rings (SSSR count). The third kappa shape index (κ3) is 3.11. The fourth-order valence-electron chi connectivity index (χ4n) is 3.09. The quantitative estimate of drug-likeness (QED) is 0.876. The monoisotopic (exact) mass is 346 g/mol. The second-order valence-electron chi connectivity index (χ2n) is 6.64. The first-order chi connectivity index (χ1) is 11.8. The molecule has 1 unspecified atom stereocenters. The third-order valence-corrected chi connectivity index (χ3v) is 4.86. The van der Waals surface area contributed by atoms with E-state index in [4.69, 9.17) is 4.74 Å². The molecule has 2 heterocycles. The number of rotatable bonds is 4. The average Bonchev–Trinajstić information content (AvgIpc) is 3.14. The Morgan fingerprint density at radius 1 is 1.44 bits per heavy atom. The van der Waals surface area contributed by atoms with E-state index < -0.39 is 11.4 Å². The van der Waals surface area contributed by atoms with Crippen molar-refractivity contribution in [2.75, 3.05) is 20.2 Å². The fourth-order valence-corrected chi connectivity index (χ4v) is 3.09. The zero-order chi connectivity index (χ0) is 18.2. The van der Waals surface area contributed by atoms with E-state index in [1.54, 1.807) is 18.9 Å². The van der Waals surface area contributed by atoms with E-state index in [0.717, 1.165) is 22.6 Å². The lowest BCUT2D eigenvalue weighted by molar-refractivity contribution is -0.147. The van der Waals surface area contributed by atoms with Crippen LogP contribution in [0.3, 0.4) is 0 Å². The zero-order valence-corrected chi connectivity index (χ0v) is 14.6. The molecule has 0 saturated carbocycles. The Morgan fingerprint density at radius 3 is 2.84 bits per heavy atom. The Hall–Kier alpha value is -2.77. The highest BCUT2D eigenvalue weighted by Gasteiger charge is 2.42. The Labute approximate surface area is 145 Å². The summed E-state index contributed by atoms with van der Waals surface area (Å²) >= 11 is 0. The van der Waals surface area contributed by atoms with Gasteiger partial charge in [-0.15, -0.1) is 0 Å². The number of aromatic nitrogens is 2. The summed E-state index contributed by atoms with van der Waals surface area (Å²) in [5.41, 5.74) is 0.876. The molecule has 1 aromatic carbocycles. The van der Waals surface area contributed by atoms with Gasteiger partial charge in [-0.05, 0) is 25.5 Å². The number of nitrogens with zero attached hydrogens (tertiary/aromatic N) is 3. The van der Waals surface area contributed by atoms with Crippen molar-refractivity contribution in [1.29, 1.82) is 0 Å². The van der Waals surface area contributed by atoms with Gasteiger partial charge in [0.1, 0.15) is 11.6 Å². The van der Waals surface area contributed by atoms with E-state index in [-0.39, 0.29) is 19.1 Å². The van der Waals surface area contributed by atoms with Gasteiger partial charge in [0.05, 0.1) is 30.1 Å². The van der Waals surface area contributed by atoms with E-state index >= 15 is 0 Å². The van der Waals surface area contributed by atoms with Crippen molar-refractivity contribution < 1.29 is 19.4 Å². The Kier molecular flexibility index (Phi) is 4.28. The number of nitrogens with one attached hydrogen (secondary N) is 1. The number of carboxylic acids is 1. The Morgan fingerprint density at radius 2 is 2.20 bits per heavy atom. The van der Waals surface area contributed by atoms with Crippen molar-refractivity contribution in [3.05, 3.63) is 24.0 Å². The van der Waals surface area contributed by atoms with E-state index in [1.807, 2.05) is 29.8 Å². The van der Waals surface area contributed by atoms with Gasteiger partial charge >= 0.3 is 12.0 Å². The summed E-state index contributed by atoms with van der Waals surface area (Å²) in [4.78, 5) is 29.7. The maximum absolute atomic E-state index is 12.3. The summed E-state index contributed by atoms with van der Waals surface area (Å²) in [5.74, 6) is 0.579. The molecule has 8 heteroatoms. The highest BCUT2D eigenvalue weighted by Crippen LogP contribution is 2.30. The number of aryl methyl sites for hydroxylation is 1. The summed E-state index contributed by atoms with van der Waals surface area (Å²) in [7, 11) is 3.49. The van der Waals surface area contributed by atoms with Crippen LogP contribution in [-0.2, 0) is 18.4 Å². The summed E-state index contributed by atoms with van der Waals surface area (Å²) in [6, 6.07) is 5.36. The summed E-state index contributed by atoms with van der Waals surface area (Å²) in [6.07, 6.45) is 0.460. The topological polar surface area (TPSA) is 96.7 Å². The number of imidazole rings is 1. The van der Waals surface area contributed by atoms with Gasteiger partial charge in [-0.1, -0.05) is 0 Å². The molecule has 1 atom stereocenters. The number of methoxy groups -OCH3 is 1. The standard InChI is InChI=1S/C17H22N4O4/c1-17(15(22)23)6-7-21(10-17)16(24)18-9-14-19-12-8-11(25-3)4-5-13(12)20(14)2/h4-5,8H,6-7,9-10H2,1-3H3,(H,18,24)(H,22,23). The van der Waals surface area contributed by atoms with Crippen molar-refractivity contribution in [3.8, 4) is 5.75 Å². The highest BCUT2D eigenvalue weighted by molar-refractivity contribution is 5.80. The average molecular weight is 346 g/mol. The molecular weight excluding hydrogens is 324 g/mol. The van der Waals surface area contributed by atoms with Gasteiger partial charge in [0.25, 0.3) is 0 Å². The van der Waals surface area contributed by atoms with Gasteiger partial charge in [-0.25, -0.2) is 9.78 Å². The van der Waals surface area contributed by atoms with Crippen LogP contribution in [0.25, 0.3) is 11.0 Å². The Bertz CT molecular complexity index is 831. The summed E-state index contributed by atoms with van der Waals surface area (Å²) < 4.78 is 7.12. The lowest BCUT2D eigenvalue weighted by Crippen LogP contribution is -2.40. The normalized spacial score (nSPS) is 20.0. The molecule has 0 aliphatic carbocycles. The molecule has 2 N–H and O–H groups in total. The maximum Gasteiger partial charge on any atom is 0.317 e. The molecule has 1 aliphatic heterocycles. The first-order valence-corrected chi connectivity index (χ1v) is 8.09. The van der Waals surface area contributed by atoms with Crippen LogP contribution in [0.1, 0.15) is 19.2 Å². The lowest BCUT2D eigenvalue weighted by Gasteiger charge is -2.20. The number of carboxylic acid groups (broad SMARTS) is 1. The number of benzene rings is 1. The maximum atomic E-state index is 12.3. The van der Waals surface area contributed by atoms with Crippen molar-refractivity contribution in [2.24, 2.45) is 12.5 Å². The van der Waals surface area contributed by atoms with E-state index in [2.05, 4.69) is 10.3 Å². The largest absolute Gasteiger partial charge is 0.497 e. The predicted octanol–water partition coefficient (Wildman–Crippen LogP) is 1.59. The number of ether oxygens (including phenoxy) is 1. The molecule has 2 aromatic rings. The molecule has 1 saturated heterocycles. The number of carbonyl (C=O) groups excluding carboxylic acids is 1. The van der Waals surface area contributed by atoms with Crippen LogP contribution < -0.4 is 10.1 Å². The van der Waals surface area contributed by atoms with Crippen LogP contribution >= 0.6 is 0 Å². The van der Waals surface area contributed by atoms with Gasteiger partial charge in [0, 0.05) is 26.2 Å². The number of hydrogen-bond donors (Lipinski definition) is 2. The van der Waals surface area contributed by atoms with Crippen LogP contribution in [0.4, 0.5) is 4.79 Å².